The van der Waals surface area contributed by atoms with Crippen LogP contribution in [-0.4, -0.2) is 18.0 Å². The van der Waals surface area contributed by atoms with Crippen molar-refractivity contribution in [3.8, 4) is 0 Å². The monoisotopic (exact) mass is 208 g/mol. The van der Waals surface area contributed by atoms with Crippen LogP contribution in [0.2, 0.25) is 0 Å². The molecule has 0 unspecified atom stereocenters. The van der Waals surface area contributed by atoms with Gasteiger partial charge in [0.15, 0.2) is 0 Å². The first-order valence-corrected chi connectivity index (χ1v) is 5.92. The van der Waals surface area contributed by atoms with Gasteiger partial charge in [-0.1, -0.05) is 0 Å². The van der Waals surface area contributed by atoms with Crippen molar-refractivity contribution in [3.63, 3.8) is 0 Å². The lowest BCUT2D eigenvalue weighted by molar-refractivity contribution is 0.605. The summed E-state index contributed by atoms with van der Waals surface area (Å²) in [7, 11) is 1.62. The molecule has 0 saturated heterocycles. The molecule has 1 aromatic rings. The molecule has 0 radical (unpaired) electrons. The van der Waals surface area contributed by atoms with E-state index in [1.807, 2.05) is 6.92 Å². The van der Waals surface area contributed by atoms with Crippen LogP contribution < -0.4 is 0 Å². The first-order valence-electron chi connectivity index (χ1n) is 3.44. The molecule has 6 heteroatoms. The summed E-state index contributed by atoms with van der Waals surface area (Å²) in [5.41, 5.74) is 0.618. The van der Waals surface area contributed by atoms with Crippen molar-refractivity contribution < 1.29 is 8.42 Å². The van der Waals surface area contributed by atoms with Crippen LogP contribution >= 0.6 is 10.7 Å². The summed E-state index contributed by atoms with van der Waals surface area (Å²) in [5, 5.41) is 0. The van der Waals surface area contributed by atoms with E-state index < -0.39 is 9.05 Å². The first-order chi connectivity index (χ1) is 5.53. The fourth-order valence-electron chi connectivity index (χ4n) is 0.930. The Morgan fingerprint density at radius 1 is 1.67 bits per heavy atom. The van der Waals surface area contributed by atoms with E-state index in [1.54, 1.807) is 10.9 Å². The molecule has 0 N–H and O–H groups in total. The van der Waals surface area contributed by atoms with Gasteiger partial charge in [-0.2, -0.15) is 0 Å². The largest absolute Gasteiger partial charge is 0.334 e. The Morgan fingerprint density at radius 2 is 2.33 bits per heavy atom. The number of nitrogens with zero attached hydrogens (tertiary/aromatic N) is 2. The molecule has 0 aromatic carbocycles. The predicted octanol–water partition coefficient (Wildman–Crippen LogP) is 0.972. The van der Waals surface area contributed by atoms with E-state index in [1.165, 1.54) is 6.20 Å². The van der Waals surface area contributed by atoms with Crippen molar-refractivity contribution in [2.24, 2.45) is 0 Å². The van der Waals surface area contributed by atoms with Gasteiger partial charge < -0.3 is 4.57 Å². The second-order valence-electron chi connectivity index (χ2n) is 2.35. The van der Waals surface area contributed by atoms with E-state index in [9.17, 15) is 8.42 Å². The molecule has 0 amide bonds. The number of rotatable bonds is 3. The highest BCUT2D eigenvalue weighted by atomic mass is 35.7. The highest BCUT2D eigenvalue weighted by Gasteiger charge is 2.10. The maximum absolute atomic E-state index is 10.7. The van der Waals surface area contributed by atoms with Gasteiger partial charge in [0.25, 0.3) is 0 Å². The summed E-state index contributed by atoms with van der Waals surface area (Å²) < 4.78 is 23.1. The number of hydrogen-bond acceptors (Lipinski definition) is 3. The Morgan fingerprint density at radius 3 is 2.83 bits per heavy atom. The molecule has 0 aliphatic heterocycles. The van der Waals surface area contributed by atoms with Crippen molar-refractivity contribution >= 4 is 19.7 Å². The Kier molecular flexibility index (Phi) is 2.74. The van der Waals surface area contributed by atoms with Crippen LogP contribution in [0.25, 0.3) is 0 Å². The maximum Gasteiger partial charge on any atom is 0.238 e. The predicted molar refractivity (Wildman–Crippen MR) is 46.4 cm³/mol. The Hall–Kier alpha value is -0.550. The minimum atomic E-state index is -3.47. The fraction of sp³-hybridized carbons (Fsp3) is 0.500. The smallest absolute Gasteiger partial charge is 0.238 e. The van der Waals surface area contributed by atoms with Gasteiger partial charge in [-0.15, -0.1) is 0 Å². The number of halogens is 1. The average Bonchev–Trinajstić information content (AvgIpc) is 2.31. The van der Waals surface area contributed by atoms with Gasteiger partial charge in [-0.3, -0.25) is 0 Å². The van der Waals surface area contributed by atoms with Gasteiger partial charge >= 0.3 is 0 Å². The average molecular weight is 209 g/mol. The van der Waals surface area contributed by atoms with Gasteiger partial charge in [0, 0.05) is 23.4 Å². The molecule has 0 atom stereocenters. The normalized spacial score (nSPS) is 11.8. The van der Waals surface area contributed by atoms with Gasteiger partial charge in [0.05, 0.1) is 12.0 Å². The van der Waals surface area contributed by atoms with Crippen molar-refractivity contribution in [3.05, 3.63) is 18.2 Å². The Balaban J connectivity index is 2.89. The maximum atomic E-state index is 10.7. The summed E-state index contributed by atoms with van der Waals surface area (Å²) >= 11 is 0. The zero-order valence-corrected chi connectivity index (χ0v) is 8.14. The number of imidazole rings is 1. The molecule has 68 valence electrons. The third-order valence-electron chi connectivity index (χ3n) is 1.46. The molecule has 4 nitrogen and oxygen atoms in total. The van der Waals surface area contributed by atoms with Gasteiger partial charge in [-0.25, -0.2) is 13.4 Å². The van der Waals surface area contributed by atoms with Crippen LogP contribution in [0.1, 0.15) is 12.6 Å². The fourth-order valence-corrected chi connectivity index (χ4v) is 1.86. The van der Waals surface area contributed by atoms with Crippen LogP contribution in [0.5, 0.6) is 0 Å². The third kappa shape index (κ3) is 2.49. The lowest BCUT2D eigenvalue weighted by atomic mass is 10.5. The SMILES string of the molecule is CCn1cncc1CS(=O)(=O)Cl. The first kappa shape index (κ1) is 9.54. The van der Waals surface area contributed by atoms with Crippen LogP contribution in [-0.2, 0) is 21.3 Å². The zero-order valence-electron chi connectivity index (χ0n) is 6.57. The van der Waals surface area contributed by atoms with Crippen molar-refractivity contribution in [2.75, 3.05) is 0 Å². The summed E-state index contributed by atoms with van der Waals surface area (Å²) in [6.45, 7) is 2.60. The molecule has 0 bridgehead atoms. The molecule has 0 aliphatic carbocycles. The van der Waals surface area contributed by atoms with Gasteiger partial charge in [0.2, 0.25) is 9.05 Å². The molecule has 1 aromatic heterocycles. The molecule has 12 heavy (non-hydrogen) atoms. The quantitative estimate of drug-likeness (QED) is 0.696. The van der Waals surface area contributed by atoms with E-state index in [2.05, 4.69) is 4.98 Å². The van der Waals surface area contributed by atoms with Crippen LogP contribution in [0.3, 0.4) is 0 Å². The van der Waals surface area contributed by atoms with Crippen LogP contribution in [0.4, 0.5) is 0 Å². The highest BCUT2D eigenvalue weighted by Crippen LogP contribution is 2.08. The number of hydrogen-bond donors (Lipinski definition) is 0. The van der Waals surface area contributed by atoms with Crippen molar-refractivity contribution in [1.29, 1.82) is 0 Å². The number of aryl methyl sites for hydroxylation is 1. The molecular weight excluding hydrogens is 200 g/mol. The topological polar surface area (TPSA) is 52.0 Å². The minimum Gasteiger partial charge on any atom is -0.334 e. The van der Waals surface area contributed by atoms with E-state index >= 15 is 0 Å². The molecule has 1 rings (SSSR count). The molecule has 0 fully saturated rings. The van der Waals surface area contributed by atoms with E-state index in [-0.39, 0.29) is 5.75 Å². The number of aromatic nitrogens is 2. The van der Waals surface area contributed by atoms with Crippen LogP contribution in [0, 0.1) is 0 Å². The standard InChI is InChI=1S/C6H9ClN2O2S/c1-2-9-5-8-3-6(9)4-12(7,10)11/h3,5H,2,4H2,1H3. The molecule has 0 saturated carbocycles. The summed E-state index contributed by atoms with van der Waals surface area (Å²) in [5.74, 6) is -0.164. The lowest BCUT2D eigenvalue weighted by Gasteiger charge is -2.01. The second-order valence-corrected chi connectivity index (χ2v) is 5.13. The van der Waals surface area contributed by atoms with Gasteiger partial charge in [-0.05, 0) is 6.92 Å². The van der Waals surface area contributed by atoms with Crippen LogP contribution in [0.15, 0.2) is 12.5 Å². The van der Waals surface area contributed by atoms with E-state index in [0.717, 1.165) is 0 Å². The molecule has 1 heterocycles. The van der Waals surface area contributed by atoms with E-state index in [0.29, 0.717) is 12.2 Å². The molecule has 0 aliphatic rings. The minimum absolute atomic E-state index is 0.164. The van der Waals surface area contributed by atoms with Crippen molar-refractivity contribution in [1.82, 2.24) is 9.55 Å². The van der Waals surface area contributed by atoms with E-state index in [4.69, 9.17) is 10.7 Å². The summed E-state index contributed by atoms with van der Waals surface area (Å²) in [6, 6.07) is 0. The summed E-state index contributed by atoms with van der Waals surface area (Å²) in [4.78, 5) is 3.82. The molecule has 0 spiro atoms. The Labute approximate surface area is 75.6 Å². The Bertz CT molecular complexity index is 357. The van der Waals surface area contributed by atoms with Crippen molar-refractivity contribution in [2.45, 2.75) is 19.2 Å². The molecular formula is C6H9ClN2O2S. The summed E-state index contributed by atoms with van der Waals surface area (Å²) in [6.07, 6.45) is 3.08. The van der Waals surface area contributed by atoms with Gasteiger partial charge in [0.1, 0.15) is 5.75 Å². The second kappa shape index (κ2) is 3.45. The highest BCUT2D eigenvalue weighted by molar-refractivity contribution is 8.13. The lowest BCUT2D eigenvalue weighted by Crippen LogP contribution is -2.03. The zero-order chi connectivity index (χ0) is 9.19. The third-order valence-corrected chi connectivity index (χ3v) is 2.43.